The number of likely N-dealkylation sites (N-methyl/N-ethyl adjacent to an activating group) is 1. The molecule has 2 nitrogen and oxygen atoms in total. The summed E-state index contributed by atoms with van der Waals surface area (Å²) >= 11 is 0. The van der Waals surface area contributed by atoms with Crippen LogP contribution in [0.5, 0.6) is 0 Å². The fourth-order valence-corrected chi connectivity index (χ4v) is 1.88. The highest BCUT2D eigenvalue weighted by Gasteiger charge is 2.37. The second-order valence-electron chi connectivity index (χ2n) is 4.14. The Hall–Kier alpha value is -0.930. The average molecular weight is 217 g/mol. The second-order valence-corrected chi connectivity index (χ2v) is 4.14. The van der Waals surface area contributed by atoms with Crippen molar-refractivity contribution in [2.45, 2.75) is 31.6 Å². The molecule has 0 aromatic heterocycles. The van der Waals surface area contributed by atoms with Gasteiger partial charge in [0.05, 0.1) is 0 Å². The van der Waals surface area contributed by atoms with Gasteiger partial charge in [-0.1, -0.05) is 6.08 Å². The monoisotopic (exact) mass is 217 g/mol. The number of halogens is 2. The highest BCUT2D eigenvalue weighted by molar-refractivity contribution is 5.78. The van der Waals surface area contributed by atoms with Gasteiger partial charge in [0.15, 0.2) is 0 Å². The Morgan fingerprint density at radius 2 is 2.07 bits per heavy atom. The molecule has 0 aromatic rings. The zero-order valence-electron chi connectivity index (χ0n) is 9.01. The van der Waals surface area contributed by atoms with Gasteiger partial charge in [0.2, 0.25) is 11.8 Å². The first kappa shape index (κ1) is 12.1. The van der Waals surface area contributed by atoms with Crippen molar-refractivity contribution in [1.29, 1.82) is 0 Å². The first-order chi connectivity index (χ1) is 6.96. The zero-order chi connectivity index (χ0) is 11.5. The number of carbonyl (C=O) groups excluding carboxylic acids is 1. The molecule has 0 unspecified atom stereocenters. The molecule has 0 bridgehead atoms. The fraction of sp³-hybridized carbons (Fsp3) is 0.727. The topological polar surface area (TPSA) is 20.3 Å². The van der Waals surface area contributed by atoms with E-state index in [2.05, 4.69) is 6.58 Å². The molecule has 0 atom stereocenters. The van der Waals surface area contributed by atoms with Gasteiger partial charge in [-0.05, 0) is 12.8 Å². The molecular weight excluding hydrogens is 200 g/mol. The van der Waals surface area contributed by atoms with E-state index in [1.807, 2.05) is 0 Å². The quantitative estimate of drug-likeness (QED) is 0.665. The van der Waals surface area contributed by atoms with Crippen LogP contribution in [0.15, 0.2) is 12.7 Å². The Labute approximate surface area is 88.9 Å². The van der Waals surface area contributed by atoms with Crippen molar-refractivity contribution >= 4 is 5.91 Å². The predicted octanol–water partition coefficient (Wildman–Crippen LogP) is 2.46. The molecule has 0 radical (unpaired) electrons. The van der Waals surface area contributed by atoms with Crippen molar-refractivity contribution in [1.82, 2.24) is 4.90 Å². The molecule has 0 aliphatic heterocycles. The number of alkyl halides is 2. The van der Waals surface area contributed by atoms with Gasteiger partial charge in [-0.15, -0.1) is 6.58 Å². The summed E-state index contributed by atoms with van der Waals surface area (Å²) in [6.07, 6.45) is 1.91. The maximum Gasteiger partial charge on any atom is 0.248 e. The van der Waals surface area contributed by atoms with E-state index in [4.69, 9.17) is 0 Å². The minimum Gasteiger partial charge on any atom is -0.342 e. The molecule has 15 heavy (non-hydrogen) atoms. The zero-order valence-corrected chi connectivity index (χ0v) is 9.01. The lowest BCUT2D eigenvalue weighted by molar-refractivity contribution is -0.137. The van der Waals surface area contributed by atoms with E-state index in [-0.39, 0.29) is 24.7 Å². The third-order valence-corrected chi connectivity index (χ3v) is 2.85. The molecule has 0 saturated heterocycles. The van der Waals surface area contributed by atoms with Gasteiger partial charge >= 0.3 is 0 Å². The van der Waals surface area contributed by atoms with Crippen molar-refractivity contribution in [3.05, 3.63) is 12.7 Å². The normalized spacial score (nSPS) is 21.0. The Morgan fingerprint density at radius 1 is 1.53 bits per heavy atom. The van der Waals surface area contributed by atoms with Crippen LogP contribution < -0.4 is 0 Å². The Balaban J connectivity index is 2.46. The van der Waals surface area contributed by atoms with Crippen LogP contribution in [-0.4, -0.2) is 30.3 Å². The van der Waals surface area contributed by atoms with Crippen molar-refractivity contribution in [2.24, 2.45) is 5.92 Å². The van der Waals surface area contributed by atoms with Crippen LogP contribution in [-0.2, 0) is 4.79 Å². The molecule has 86 valence electrons. The Morgan fingerprint density at radius 3 is 2.53 bits per heavy atom. The standard InChI is InChI=1S/C11H17F2NO/c1-3-8-14(2)10(15)9-4-6-11(12,13)7-5-9/h3,9H,1,4-8H2,2H3. The van der Waals surface area contributed by atoms with Crippen LogP contribution in [0.25, 0.3) is 0 Å². The molecular formula is C11H17F2NO. The predicted molar refractivity (Wildman–Crippen MR) is 54.7 cm³/mol. The van der Waals surface area contributed by atoms with Crippen molar-refractivity contribution in [2.75, 3.05) is 13.6 Å². The van der Waals surface area contributed by atoms with E-state index in [1.165, 1.54) is 0 Å². The highest BCUT2D eigenvalue weighted by atomic mass is 19.3. The number of carbonyl (C=O) groups is 1. The molecule has 1 amide bonds. The Bertz CT molecular complexity index is 243. The summed E-state index contributed by atoms with van der Waals surface area (Å²) in [6, 6.07) is 0. The van der Waals surface area contributed by atoms with Crippen LogP contribution in [0.2, 0.25) is 0 Å². The van der Waals surface area contributed by atoms with Crippen molar-refractivity contribution in [3.63, 3.8) is 0 Å². The molecule has 0 aromatic carbocycles. The summed E-state index contributed by atoms with van der Waals surface area (Å²) in [4.78, 5) is 13.3. The van der Waals surface area contributed by atoms with E-state index in [1.54, 1.807) is 18.0 Å². The summed E-state index contributed by atoms with van der Waals surface area (Å²) < 4.78 is 25.7. The lowest BCUT2D eigenvalue weighted by Gasteiger charge is -2.29. The molecule has 0 heterocycles. The first-order valence-corrected chi connectivity index (χ1v) is 5.20. The van der Waals surface area contributed by atoms with E-state index in [0.717, 1.165) is 0 Å². The highest BCUT2D eigenvalue weighted by Crippen LogP contribution is 2.36. The van der Waals surface area contributed by atoms with Crippen molar-refractivity contribution < 1.29 is 13.6 Å². The van der Waals surface area contributed by atoms with Gasteiger partial charge in [0.25, 0.3) is 0 Å². The van der Waals surface area contributed by atoms with Gasteiger partial charge in [0.1, 0.15) is 0 Å². The van der Waals surface area contributed by atoms with Crippen LogP contribution in [0.4, 0.5) is 8.78 Å². The number of hydrogen-bond acceptors (Lipinski definition) is 1. The number of hydrogen-bond donors (Lipinski definition) is 0. The van der Waals surface area contributed by atoms with Crippen LogP contribution >= 0.6 is 0 Å². The molecule has 1 aliphatic rings. The lowest BCUT2D eigenvalue weighted by atomic mass is 9.86. The van der Waals surface area contributed by atoms with Gasteiger partial charge in [0, 0.05) is 32.4 Å². The van der Waals surface area contributed by atoms with E-state index in [9.17, 15) is 13.6 Å². The molecule has 1 fully saturated rings. The van der Waals surface area contributed by atoms with E-state index >= 15 is 0 Å². The molecule has 0 spiro atoms. The van der Waals surface area contributed by atoms with Gasteiger partial charge < -0.3 is 4.90 Å². The number of amides is 1. The molecule has 1 saturated carbocycles. The van der Waals surface area contributed by atoms with Crippen LogP contribution in [0.3, 0.4) is 0 Å². The average Bonchev–Trinajstić information content (AvgIpc) is 2.17. The summed E-state index contributed by atoms with van der Waals surface area (Å²) in [5, 5.41) is 0. The van der Waals surface area contributed by atoms with E-state index < -0.39 is 5.92 Å². The first-order valence-electron chi connectivity index (χ1n) is 5.20. The lowest BCUT2D eigenvalue weighted by Crippen LogP contribution is -2.37. The molecule has 4 heteroatoms. The Kier molecular flexibility index (Phi) is 3.83. The largest absolute Gasteiger partial charge is 0.342 e. The SMILES string of the molecule is C=CCN(C)C(=O)C1CCC(F)(F)CC1. The summed E-state index contributed by atoms with van der Waals surface area (Å²) in [6.45, 7) is 4.02. The van der Waals surface area contributed by atoms with Crippen LogP contribution in [0.1, 0.15) is 25.7 Å². The smallest absolute Gasteiger partial charge is 0.248 e. The summed E-state index contributed by atoms with van der Waals surface area (Å²) in [5.74, 6) is -2.83. The van der Waals surface area contributed by atoms with Gasteiger partial charge in [-0.25, -0.2) is 8.78 Å². The molecule has 0 N–H and O–H groups in total. The second kappa shape index (κ2) is 4.73. The third-order valence-electron chi connectivity index (χ3n) is 2.85. The van der Waals surface area contributed by atoms with Gasteiger partial charge in [-0.2, -0.15) is 0 Å². The fourth-order valence-electron chi connectivity index (χ4n) is 1.88. The minimum atomic E-state index is -2.56. The minimum absolute atomic E-state index is 0.0367. The third kappa shape index (κ3) is 3.29. The molecule has 1 aliphatic carbocycles. The van der Waals surface area contributed by atoms with E-state index in [0.29, 0.717) is 19.4 Å². The maximum atomic E-state index is 12.8. The summed E-state index contributed by atoms with van der Waals surface area (Å²) in [7, 11) is 1.68. The molecule has 1 rings (SSSR count). The maximum absolute atomic E-state index is 12.8. The van der Waals surface area contributed by atoms with Crippen LogP contribution in [0, 0.1) is 5.92 Å². The summed E-state index contributed by atoms with van der Waals surface area (Å²) in [5.41, 5.74) is 0. The number of rotatable bonds is 3. The van der Waals surface area contributed by atoms with Gasteiger partial charge in [-0.3, -0.25) is 4.79 Å². The number of nitrogens with zero attached hydrogens (tertiary/aromatic N) is 1. The van der Waals surface area contributed by atoms with Crippen molar-refractivity contribution in [3.8, 4) is 0 Å².